The lowest BCUT2D eigenvalue weighted by Crippen LogP contribution is -2.49. The van der Waals surface area contributed by atoms with Crippen molar-refractivity contribution in [1.82, 2.24) is 9.88 Å². The summed E-state index contributed by atoms with van der Waals surface area (Å²) in [6.45, 7) is 3.20. The Labute approximate surface area is 203 Å². The second-order valence-electron chi connectivity index (χ2n) is 8.47. The van der Waals surface area contributed by atoms with Gasteiger partial charge in [-0.1, -0.05) is 48.0 Å². The SMILES string of the molecule is O=C(O)[C@H](c1c[nH]c2ccc(OCc3ccccc3)cc12)N1CCN(c2cccc(Cl)c2)CC1. The molecule has 0 aliphatic carbocycles. The molecule has 0 unspecified atom stereocenters. The number of anilines is 1. The lowest BCUT2D eigenvalue weighted by atomic mass is 10.0. The molecule has 34 heavy (non-hydrogen) atoms. The summed E-state index contributed by atoms with van der Waals surface area (Å²) in [6.07, 6.45) is 1.81. The number of fused-ring (bicyclic) bond motifs is 1. The molecule has 0 amide bonds. The Bertz CT molecular complexity index is 1280. The number of carboxylic acids is 1. The highest BCUT2D eigenvalue weighted by Crippen LogP contribution is 2.32. The van der Waals surface area contributed by atoms with Gasteiger partial charge in [0.15, 0.2) is 0 Å². The number of H-pyrrole nitrogens is 1. The van der Waals surface area contributed by atoms with Crippen molar-refractivity contribution in [3.05, 3.63) is 95.1 Å². The van der Waals surface area contributed by atoms with E-state index >= 15 is 0 Å². The van der Waals surface area contributed by atoms with Gasteiger partial charge < -0.3 is 19.7 Å². The van der Waals surface area contributed by atoms with Gasteiger partial charge >= 0.3 is 5.97 Å². The van der Waals surface area contributed by atoms with Crippen LogP contribution in [0.15, 0.2) is 79.0 Å². The van der Waals surface area contributed by atoms with Crippen LogP contribution >= 0.6 is 11.6 Å². The van der Waals surface area contributed by atoms with Crippen molar-refractivity contribution in [3.63, 3.8) is 0 Å². The monoisotopic (exact) mass is 475 g/mol. The third kappa shape index (κ3) is 4.74. The fraction of sp³-hybridized carbons (Fsp3) is 0.222. The zero-order chi connectivity index (χ0) is 23.5. The van der Waals surface area contributed by atoms with Gasteiger partial charge in [-0.15, -0.1) is 0 Å². The highest BCUT2D eigenvalue weighted by molar-refractivity contribution is 6.30. The lowest BCUT2D eigenvalue weighted by molar-refractivity contribution is -0.143. The molecule has 1 saturated heterocycles. The van der Waals surface area contributed by atoms with Crippen molar-refractivity contribution in [1.29, 1.82) is 0 Å². The second-order valence-corrected chi connectivity index (χ2v) is 8.91. The molecular weight excluding hydrogens is 450 g/mol. The number of aromatic amines is 1. The summed E-state index contributed by atoms with van der Waals surface area (Å²) in [5, 5.41) is 11.8. The third-order valence-corrected chi connectivity index (χ3v) is 6.55. The van der Waals surface area contributed by atoms with E-state index in [2.05, 4.69) is 9.88 Å². The number of aromatic nitrogens is 1. The largest absolute Gasteiger partial charge is 0.489 e. The Morgan fingerprint density at radius 1 is 1.00 bits per heavy atom. The van der Waals surface area contributed by atoms with Gasteiger partial charge in [0.25, 0.3) is 0 Å². The smallest absolute Gasteiger partial charge is 0.325 e. The lowest BCUT2D eigenvalue weighted by Gasteiger charge is -2.38. The van der Waals surface area contributed by atoms with Crippen molar-refractivity contribution >= 4 is 34.2 Å². The minimum absolute atomic E-state index is 0.458. The maximum absolute atomic E-state index is 12.4. The van der Waals surface area contributed by atoms with Crippen LogP contribution in [0.3, 0.4) is 0 Å². The Morgan fingerprint density at radius 3 is 2.53 bits per heavy atom. The molecule has 1 aliphatic heterocycles. The highest BCUT2D eigenvalue weighted by Gasteiger charge is 2.32. The number of nitrogens with one attached hydrogen (secondary N) is 1. The molecule has 0 saturated carbocycles. The van der Waals surface area contributed by atoms with Crippen LogP contribution in [0.25, 0.3) is 10.9 Å². The number of hydrogen-bond acceptors (Lipinski definition) is 4. The summed E-state index contributed by atoms with van der Waals surface area (Å²) in [7, 11) is 0. The fourth-order valence-corrected chi connectivity index (χ4v) is 4.76. The standard InChI is InChI=1S/C27H26ClN3O3/c28-20-7-4-8-21(15-20)30-11-13-31(14-12-30)26(27(32)33)24-17-29-25-10-9-22(16-23(24)25)34-18-19-5-2-1-3-6-19/h1-10,15-17,26,29H,11-14,18H2,(H,32,33)/t26-/m0/s1. The van der Waals surface area contributed by atoms with E-state index in [9.17, 15) is 9.90 Å². The molecule has 3 aromatic carbocycles. The summed E-state index contributed by atoms with van der Waals surface area (Å²) in [5.74, 6) is -0.139. The minimum Gasteiger partial charge on any atom is -0.489 e. The molecule has 2 N–H and O–H groups in total. The average molecular weight is 476 g/mol. The van der Waals surface area contributed by atoms with E-state index in [1.165, 1.54) is 0 Å². The van der Waals surface area contributed by atoms with Crippen molar-refractivity contribution < 1.29 is 14.6 Å². The summed E-state index contributed by atoms with van der Waals surface area (Å²) >= 11 is 6.15. The molecule has 2 heterocycles. The number of hydrogen-bond donors (Lipinski definition) is 2. The molecule has 0 radical (unpaired) electrons. The summed E-state index contributed by atoms with van der Waals surface area (Å²) in [4.78, 5) is 19.9. The number of carboxylic acid groups (broad SMARTS) is 1. The average Bonchev–Trinajstić information content (AvgIpc) is 3.26. The van der Waals surface area contributed by atoms with Crippen LogP contribution in [0.5, 0.6) is 5.75 Å². The summed E-state index contributed by atoms with van der Waals surface area (Å²) in [6, 6.07) is 22.8. The van der Waals surface area contributed by atoms with E-state index in [0.717, 1.165) is 40.8 Å². The van der Waals surface area contributed by atoms with E-state index in [4.69, 9.17) is 16.3 Å². The predicted molar refractivity (Wildman–Crippen MR) is 135 cm³/mol. The minimum atomic E-state index is -0.854. The molecule has 1 aliphatic rings. The molecule has 6 nitrogen and oxygen atoms in total. The second kappa shape index (κ2) is 9.79. The number of ether oxygens (including phenoxy) is 1. The Balaban J connectivity index is 1.34. The molecular formula is C27H26ClN3O3. The van der Waals surface area contributed by atoms with Crippen LogP contribution in [-0.2, 0) is 11.4 Å². The van der Waals surface area contributed by atoms with Crippen molar-refractivity contribution in [3.8, 4) is 5.75 Å². The first-order chi connectivity index (χ1) is 16.6. The van der Waals surface area contributed by atoms with Crippen LogP contribution in [-0.4, -0.2) is 47.1 Å². The topological polar surface area (TPSA) is 68.8 Å². The van der Waals surface area contributed by atoms with Gasteiger partial charge in [-0.3, -0.25) is 9.69 Å². The number of halogens is 1. The first-order valence-corrected chi connectivity index (χ1v) is 11.7. The maximum Gasteiger partial charge on any atom is 0.325 e. The van der Waals surface area contributed by atoms with E-state index in [1.54, 1.807) is 0 Å². The van der Waals surface area contributed by atoms with Crippen LogP contribution in [0, 0.1) is 0 Å². The molecule has 1 atom stereocenters. The summed E-state index contributed by atoms with van der Waals surface area (Å²) in [5.41, 5.74) is 3.79. The van der Waals surface area contributed by atoms with Crippen molar-refractivity contribution in [2.24, 2.45) is 0 Å². The molecule has 5 rings (SSSR count). The molecule has 7 heteroatoms. The van der Waals surface area contributed by atoms with Crippen LogP contribution in [0.2, 0.25) is 5.02 Å². The van der Waals surface area contributed by atoms with Gasteiger partial charge in [0.1, 0.15) is 18.4 Å². The molecule has 0 bridgehead atoms. The van der Waals surface area contributed by atoms with Crippen LogP contribution in [0.1, 0.15) is 17.2 Å². The van der Waals surface area contributed by atoms with Crippen LogP contribution in [0.4, 0.5) is 5.69 Å². The molecule has 0 spiro atoms. The first kappa shape index (κ1) is 22.3. The Hall–Kier alpha value is -3.48. The van der Waals surface area contributed by atoms with Gasteiger partial charge in [-0.05, 0) is 42.0 Å². The van der Waals surface area contributed by atoms with Crippen molar-refractivity contribution in [2.75, 3.05) is 31.1 Å². The van der Waals surface area contributed by atoms with Gasteiger partial charge in [0.05, 0.1) is 0 Å². The fourth-order valence-electron chi connectivity index (χ4n) is 4.58. The highest BCUT2D eigenvalue weighted by atomic mass is 35.5. The normalized spacial score (nSPS) is 15.4. The van der Waals surface area contributed by atoms with Gasteiger partial charge in [-0.2, -0.15) is 0 Å². The van der Waals surface area contributed by atoms with E-state index in [0.29, 0.717) is 30.5 Å². The zero-order valence-electron chi connectivity index (χ0n) is 18.7. The molecule has 1 fully saturated rings. The Morgan fingerprint density at radius 2 is 1.79 bits per heavy atom. The van der Waals surface area contributed by atoms with Gasteiger partial charge in [-0.25, -0.2) is 0 Å². The maximum atomic E-state index is 12.4. The van der Waals surface area contributed by atoms with E-state index in [-0.39, 0.29) is 0 Å². The van der Waals surface area contributed by atoms with E-state index in [1.807, 2.05) is 83.9 Å². The number of carbonyl (C=O) groups is 1. The number of nitrogens with zero attached hydrogens (tertiary/aromatic N) is 2. The zero-order valence-corrected chi connectivity index (χ0v) is 19.4. The molecule has 174 valence electrons. The third-order valence-electron chi connectivity index (χ3n) is 6.31. The van der Waals surface area contributed by atoms with Crippen LogP contribution < -0.4 is 9.64 Å². The number of benzene rings is 3. The summed E-state index contributed by atoms with van der Waals surface area (Å²) < 4.78 is 5.99. The molecule has 4 aromatic rings. The van der Waals surface area contributed by atoms with E-state index < -0.39 is 12.0 Å². The number of piperazine rings is 1. The number of rotatable bonds is 7. The van der Waals surface area contributed by atoms with Crippen molar-refractivity contribution in [2.45, 2.75) is 12.6 Å². The predicted octanol–water partition coefficient (Wildman–Crippen LogP) is 5.35. The quantitative estimate of drug-likeness (QED) is 0.377. The van der Waals surface area contributed by atoms with Gasteiger partial charge in [0, 0.05) is 59.6 Å². The van der Waals surface area contributed by atoms with Gasteiger partial charge in [0.2, 0.25) is 0 Å². The molecule has 1 aromatic heterocycles. The number of aliphatic carboxylic acids is 1. The Kier molecular flexibility index (Phi) is 6.43. The first-order valence-electron chi connectivity index (χ1n) is 11.3.